The van der Waals surface area contributed by atoms with Gasteiger partial charge in [-0.3, -0.25) is 9.59 Å². The highest BCUT2D eigenvalue weighted by Crippen LogP contribution is 2.34. The number of nitriles is 1. The largest absolute Gasteiger partial charge is 0.462 e. The number of amides is 2. The van der Waals surface area contributed by atoms with Crippen LogP contribution in [0.25, 0.3) is 0 Å². The summed E-state index contributed by atoms with van der Waals surface area (Å²) in [4.78, 5) is 39.2. The van der Waals surface area contributed by atoms with Crippen LogP contribution in [0.2, 0.25) is 0 Å². The van der Waals surface area contributed by atoms with Crippen LogP contribution in [0.5, 0.6) is 0 Å². The van der Waals surface area contributed by atoms with Gasteiger partial charge in [-0.2, -0.15) is 5.26 Å². The smallest absolute Gasteiger partial charge is 0.348 e. The summed E-state index contributed by atoms with van der Waals surface area (Å²) in [6.45, 7) is 5.78. The normalized spacial score (nSPS) is 15.9. The van der Waals surface area contributed by atoms with E-state index in [-0.39, 0.29) is 37.0 Å². The van der Waals surface area contributed by atoms with Gasteiger partial charge in [-0.25, -0.2) is 4.79 Å². The summed E-state index contributed by atoms with van der Waals surface area (Å²) in [5, 5.41) is 12.5. The Labute approximate surface area is 172 Å². The third kappa shape index (κ3) is 4.15. The van der Waals surface area contributed by atoms with Crippen LogP contribution in [0.15, 0.2) is 24.3 Å². The first-order chi connectivity index (χ1) is 13.8. The molecule has 1 aromatic heterocycles. The molecule has 150 valence electrons. The van der Waals surface area contributed by atoms with Gasteiger partial charge in [0.15, 0.2) is 0 Å². The van der Waals surface area contributed by atoms with Gasteiger partial charge in [-0.15, -0.1) is 11.3 Å². The number of benzene rings is 1. The van der Waals surface area contributed by atoms with E-state index >= 15 is 0 Å². The maximum Gasteiger partial charge on any atom is 0.348 e. The Morgan fingerprint density at radius 2 is 2.14 bits per heavy atom. The zero-order chi connectivity index (χ0) is 21.1. The number of aryl methyl sites for hydroxylation is 1. The molecule has 0 bridgehead atoms. The number of carbonyl (C=O) groups is 3. The van der Waals surface area contributed by atoms with E-state index < -0.39 is 11.9 Å². The van der Waals surface area contributed by atoms with Crippen molar-refractivity contribution in [3.63, 3.8) is 0 Å². The Balaban J connectivity index is 1.77. The zero-order valence-electron chi connectivity index (χ0n) is 16.4. The minimum atomic E-state index is -0.539. The van der Waals surface area contributed by atoms with Gasteiger partial charge in [-0.1, -0.05) is 12.1 Å². The third-order valence-corrected chi connectivity index (χ3v) is 5.95. The molecule has 0 saturated carbocycles. The van der Waals surface area contributed by atoms with Crippen molar-refractivity contribution in [2.75, 3.05) is 23.4 Å². The lowest BCUT2D eigenvalue weighted by Crippen LogP contribution is -2.28. The fraction of sp³-hybridized carbons (Fsp3) is 0.333. The molecular weight excluding hydrogens is 390 g/mol. The molecule has 2 heterocycles. The van der Waals surface area contributed by atoms with Crippen molar-refractivity contribution in [3.8, 4) is 6.07 Å². The van der Waals surface area contributed by atoms with Crippen LogP contribution >= 0.6 is 11.3 Å². The topological polar surface area (TPSA) is 99.5 Å². The van der Waals surface area contributed by atoms with E-state index in [4.69, 9.17) is 4.74 Å². The highest BCUT2D eigenvalue weighted by molar-refractivity contribution is 7.18. The van der Waals surface area contributed by atoms with E-state index in [1.807, 2.05) is 37.3 Å². The minimum Gasteiger partial charge on any atom is -0.462 e. The Morgan fingerprint density at radius 1 is 1.38 bits per heavy atom. The molecule has 2 aromatic rings. The lowest BCUT2D eigenvalue weighted by molar-refractivity contribution is -0.122. The fourth-order valence-electron chi connectivity index (χ4n) is 3.27. The van der Waals surface area contributed by atoms with Crippen LogP contribution in [0, 0.1) is 31.1 Å². The average Bonchev–Trinajstić information content (AvgIpc) is 3.22. The molecule has 7 nitrogen and oxygen atoms in total. The molecule has 1 N–H and O–H groups in total. The Kier molecular flexibility index (Phi) is 5.99. The van der Waals surface area contributed by atoms with Gasteiger partial charge in [-0.05, 0) is 44.0 Å². The number of rotatable bonds is 5. The highest BCUT2D eigenvalue weighted by atomic mass is 32.1. The van der Waals surface area contributed by atoms with E-state index in [9.17, 15) is 19.6 Å². The first-order valence-electron chi connectivity index (χ1n) is 9.24. The maximum absolute atomic E-state index is 12.8. The summed E-state index contributed by atoms with van der Waals surface area (Å²) in [5.74, 6) is -1.52. The Morgan fingerprint density at radius 3 is 2.79 bits per heavy atom. The molecule has 8 heteroatoms. The monoisotopic (exact) mass is 411 g/mol. The molecule has 1 saturated heterocycles. The summed E-state index contributed by atoms with van der Waals surface area (Å²) in [6.07, 6.45) is 0.0940. The molecule has 0 spiro atoms. The van der Waals surface area contributed by atoms with E-state index in [1.165, 1.54) is 0 Å². The summed E-state index contributed by atoms with van der Waals surface area (Å²) in [6, 6.07) is 9.59. The summed E-state index contributed by atoms with van der Waals surface area (Å²) in [5.41, 5.74) is 2.52. The van der Waals surface area contributed by atoms with Gasteiger partial charge in [0.05, 0.1) is 18.1 Å². The molecule has 29 heavy (non-hydrogen) atoms. The molecular formula is C21H21N3O4S. The van der Waals surface area contributed by atoms with Gasteiger partial charge in [0.1, 0.15) is 15.9 Å². The van der Waals surface area contributed by atoms with Gasteiger partial charge in [0.25, 0.3) is 0 Å². The number of nitrogens with one attached hydrogen (secondary N) is 1. The second-order valence-corrected chi connectivity index (χ2v) is 7.85. The van der Waals surface area contributed by atoms with Gasteiger partial charge < -0.3 is 15.0 Å². The molecule has 0 aliphatic carbocycles. The van der Waals surface area contributed by atoms with Crippen LogP contribution in [0.4, 0.5) is 10.7 Å². The summed E-state index contributed by atoms with van der Waals surface area (Å²) < 4.78 is 5.01. The fourth-order valence-corrected chi connectivity index (χ4v) is 4.32. The van der Waals surface area contributed by atoms with Gasteiger partial charge in [0.2, 0.25) is 11.8 Å². The maximum atomic E-state index is 12.8. The number of hydrogen-bond acceptors (Lipinski definition) is 6. The number of esters is 1. The third-order valence-electron chi connectivity index (χ3n) is 4.77. The van der Waals surface area contributed by atoms with Crippen LogP contribution in [-0.2, 0) is 14.3 Å². The highest BCUT2D eigenvalue weighted by Gasteiger charge is 2.36. The van der Waals surface area contributed by atoms with E-state index in [0.29, 0.717) is 15.4 Å². The first-order valence-corrected chi connectivity index (χ1v) is 10.1. The molecule has 1 aliphatic heterocycles. The molecule has 1 aliphatic rings. The number of anilines is 2. The van der Waals surface area contributed by atoms with Crippen LogP contribution in [-0.4, -0.2) is 30.9 Å². The second-order valence-electron chi connectivity index (χ2n) is 6.83. The number of thiophene rings is 1. The predicted octanol–water partition coefficient (Wildman–Crippen LogP) is 3.40. The number of carbonyl (C=O) groups excluding carboxylic acids is 3. The first kappa shape index (κ1) is 20.6. The van der Waals surface area contributed by atoms with Crippen LogP contribution < -0.4 is 10.2 Å². The van der Waals surface area contributed by atoms with Crippen molar-refractivity contribution in [2.45, 2.75) is 27.2 Å². The molecule has 1 atom stereocenters. The van der Waals surface area contributed by atoms with Gasteiger partial charge >= 0.3 is 5.97 Å². The van der Waals surface area contributed by atoms with Crippen molar-refractivity contribution >= 4 is 39.8 Å². The van der Waals surface area contributed by atoms with Gasteiger partial charge in [0, 0.05) is 18.7 Å². The molecule has 0 radical (unpaired) electrons. The van der Waals surface area contributed by atoms with E-state index in [1.54, 1.807) is 18.7 Å². The minimum absolute atomic E-state index is 0.0940. The number of ether oxygens (including phenoxy) is 1. The van der Waals surface area contributed by atoms with E-state index in [2.05, 4.69) is 5.32 Å². The summed E-state index contributed by atoms with van der Waals surface area (Å²) >= 11 is 1.02. The number of nitrogens with zero attached hydrogens (tertiary/aromatic N) is 2. The van der Waals surface area contributed by atoms with Crippen molar-refractivity contribution in [1.82, 2.24) is 0 Å². The standard InChI is InChI=1S/C21H21N3O4S/c1-4-28-21(27)18-13(3)16(10-22)20(29-18)23-19(26)14-9-17(25)24(11-14)15-7-5-6-12(2)8-15/h5-8,14H,4,9,11H2,1-3H3,(H,23,26). The lowest BCUT2D eigenvalue weighted by atomic mass is 10.1. The molecule has 1 unspecified atom stereocenters. The van der Waals surface area contributed by atoms with Crippen molar-refractivity contribution in [3.05, 3.63) is 45.8 Å². The van der Waals surface area contributed by atoms with Crippen molar-refractivity contribution in [1.29, 1.82) is 5.26 Å². The second kappa shape index (κ2) is 8.45. The molecule has 2 amide bonds. The zero-order valence-corrected chi connectivity index (χ0v) is 17.3. The molecule has 3 rings (SSSR count). The predicted molar refractivity (Wildman–Crippen MR) is 110 cm³/mol. The Bertz CT molecular complexity index is 1020. The van der Waals surface area contributed by atoms with Crippen LogP contribution in [0.1, 0.15) is 39.7 Å². The quantitative estimate of drug-likeness (QED) is 0.760. The Hall–Kier alpha value is -3.18. The van der Waals surface area contributed by atoms with E-state index in [0.717, 1.165) is 22.6 Å². The number of hydrogen-bond donors (Lipinski definition) is 1. The SMILES string of the molecule is CCOC(=O)c1sc(NC(=O)C2CC(=O)N(c3cccc(C)c3)C2)c(C#N)c1C. The average molecular weight is 411 g/mol. The lowest BCUT2D eigenvalue weighted by Gasteiger charge is -2.17. The van der Waals surface area contributed by atoms with Crippen molar-refractivity contribution < 1.29 is 19.1 Å². The molecule has 1 fully saturated rings. The van der Waals surface area contributed by atoms with Crippen LogP contribution in [0.3, 0.4) is 0 Å². The molecule has 1 aromatic carbocycles. The summed E-state index contributed by atoms with van der Waals surface area (Å²) in [7, 11) is 0. The van der Waals surface area contributed by atoms with Crippen molar-refractivity contribution in [2.24, 2.45) is 5.92 Å².